The van der Waals surface area contributed by atoms with Crippen LogP contribution in [0.3, 0.4) is 0 Å². The molecule has 1 aromatic carbocycles. The van der Waals surface area contributed by atoms with Gasteiger partial charge in [0.1, 0.15) is 17.1 Å². The molecule has 20 heavy (non-hydrogen) atoms. The first-order valence-electron chi connectivity index (χ1n) is 5.35. The van der Waals surface area contributed by atoms with Gasteiger partial charge in [0.2, 0.25) is 0 Å². The summed E-state index contributed by atoms with van der Waals surface area (Å²) in [6.45, 7) is 1.57. The summed E-state index contributed by atoms with van der Waals surface area (Å²) in [4.78, 5) is 10.8. The van der Waals surface area contributed by atoms with Crippen LogP contribution in [0, 0.1) is 6.92 Å². The lowest BCUT2D eigenvalue weighted by molar-refractivity contribution is 0.0696. The summed E-state index contributed by atoms with van der Waals surface area (Å²) in [5.41, 5.74) is 0.457. The highest BCUT2D eigenvalue weighted by Crippen LogP contribution is 2.26. The van der Waals surface area contributed by atoms with E-state index in [1.165, 1.54) is 12.1 Å². The van der Waals surface area contributed by atoms with Crippen LogP contribution in [0.15, 0.2) is 32.2 Å². The Hall–Kier alpha value is -1.74. The molecule has 2 aromatic rings. The van der Waals surface area contributed by atoms with E-state index in [-0.39, 0.29) is 20.6 Å². The van der Waals surface area contributed by atoms with Crippen molar-refractivity contribution in [3.63, 3.8) is 0 Å². The predicted octanol–water partition coefficient (Wildman–Crippen LogP) is 1.81. The standard InChI is InChI=1S/C11H9BrN2O5S/c1-6-9(14-19-13-6)5-20(17,18)10-4-7(11(15)16)2-3-8(10)12/h2-4H,5H2,1H3,(H,15,16). The zero-order chi connectivity index (χ0) is 14.9. The maximum atomic E-state index is 12.3. The molecule has 7 nitrogen and oxygen atoms in total. The van der Waals surface area contributed by atoms with Crippen LogP contribution in [0.25, 0.3) is 0 Å². The fourth-order valence-electron chi connectivity index (χ4n) is 1.51. The number of benzene rings is 1. The molecule has 0 saturated carbocycles. The van der Waals surface area contributed by atoms with Crippen molar-refractivity contribution >= 4 is 31.7 Å². The summed E-state index contributed by atoms with van der Waals surface area (Å²) in [5.74, 6) is -1.61. The van der Waals surface area contributed by atoms with Crippen molar-refractivity contribution in [1.82, 2.24) is 10.3 Å². The first-order valence-corrected chi connectivity index (χ1v) is 7.79. The third-order valence-electron chi connectivity index (χ3n) is 2.59. The highest BCUT2D eigenvalue weighted by molar-refractivity contribution is 9.10. The second kappa shape index (κ2) is 5.33. The van der Waals surface area contributed by atoms with Gasteiger partial charge in [-0.1, -0.05) is 10.3 Å². The van der Waals surface area contributed by atoms with Crippen LogP contribution in [0.1, 0.15) is 21.7 Å². The minimum absolute atomic E-state index is 0.109. The molecule has 1 aromatic heterocycles. The van der Waals surface area contributed by atoms with Crippen LogP contribution >= 0.6 is 15.9 Å². The number of aryl methyl sites for hydroxylation is 1. The Bertz CT molecular complexity index is 769. The van der Waals surface area contributed by atoms with E-state index < -0.39 is 21.6 Å². The number of sulfone groups is 1. The Morgan fingerprint density at radius 2 is 2.10 bits per heavy atom. The number of halogens is 1. The molecular formula is C11H9BrN2O5S. The summed E-state index contributed by atoms with van der Waals surface area (Å²) in [6.07, 6.45) is 0. The lowest BCUT2D eigenvalue weighted by atomic mass is 10.2. The van der Waals surface area contributed by atoms with Crippen LogP contribution in [0.4, 0.5) is 0 Å². The lowest BCUT2D eigenvalue weighted by Crippen LogP contribution is -2.09. The average molecular weight is 361 g/mol. The van der Waals surface area contributed by atoms with Gasteiger partial charge in [0.15, 0.2) is 9.84 Å². The maximum Gasteiger partial charge on any atom is 0.335 e. The summed E-state index contributed by atoms with van der Waals surface area (Å²) < 4.78 is 29.4. The molecule has 106 valence electrons. The van der Waals surface area contributed by atoms with Gasteiger partial charge in [-0.2, -0.15) is 0 Å². The maximum absolute atomic E-state index is 12.3. The third kappa shape index (κ3) is 2.88. The van der Waals surface area contributed by atoms with Gasteiger partial charge in [-0.25, -0.2) is 17.8 Å². The van der Waals surface area contributed by atoms with E-state index in [2.05, 4.69) is 30.9 Å². The molecule has 0 saturated heterocycles. The zero-order valence-electron chi connectivity index (χ0n) is 10.2. The molecule has 1 heterocycles. The molecule has 0 aliphatic rings. The van der Waals surface area contributed by atoms with E-state index >= 15 is 0 Å². The van der Waals surface area contributed by atoms with Crippen molar-refractivity contribution in [2.75, 3.05) is 0 Å². The average Bonchev–Trinajstić information content (AvgIpc) is 2.74. The number of carboxylic acids is 1. The number of hydrogen-bond acceptors (Lipinski definition) is 6. The third-order valence-corrected chi connectivity index (χ3v) is 5.20. The Morgan fingerprint density at radius 3 is 2.65 bits per heavy atom. The number of aromatic carboxylic acids is 1. The summed E-state index contributed by atoms with van der Waals surface area (Å²) >= 11 is 3.11. The summed E-state index contributed by atoms with van der Waals surface area (Å²) in [5, 5.41) is 15.9. The Balaban J connectivity index is 2.46. The van der Waals surface area contributed by atoms with E-state index in [0.29, 0.717) is 5.69 Å². The van der Waals surface area contributed by atoms with Crippen molar-refractivity contribution in [2.45, 2.75) is 17.6 Å². The van der Waals surface area contributed by atoms with Gasteiger partial charge in [-0.3, -0.25) is 0 Å². The Labute approximate surface area is 122 Å². The van der Waals surface area contributed by atoms with Gasteiger partial charge >= 0.3 is 5.97 Å². The van der Waals surface area contributed by atoms with E-state index in [1.807, 2.05) is 0 Å². The molecule has 0 aliphatic carbocycles. The fraction of sp³-hybridized carbons (Fsp3) is 0.182. The molecule has 1 N–H and O–H groups in total. The van der Waals surface area contributed by atoms with Gasteiger partial charge in [0.05, 0.1) is 10.5 Å². The van der Waals surface area contributed by atoms with E-state index in [1.54, 1.807) is 6.92 Å². The topological polar surface area (TPSA) is 110 Å². The molecule has 0 atom stereocenters. The molecule has 0 amide bonds. The molecular weight excluding hydrogens is 352 g/mol. The van der Waals surface area contributed by atoms with Crippen molar-refractivity contribution in [3.05, 3.63) is 39.6 Å². The molecule has 0 aliphatic heterocycles. The quantitative estimate of drug-likeness (QED) is 0.884. The number of carbonyl (C=O) groups is 1. The largest absolute Gasteiger partial charge is 0.478 e. The smallest absolute Gasteiger partial charge is 0.335 e. The highest BCUT2D eigenvalue weighted by Gasteiger charge is 2.23. The van der Waals surface area contributed by atoms with E-state index in [0.717, 1.165) is 6.07 Å². The monoisotopic (exact) mass is 360 g/mol. The van der Waals surface area contributed by atoms with Crippen LogP contribution < -0.4 is 0 Å². The van der Waals surface area contributed by atoms with Gasteiger partial charge in [-0.15, -0.1) is 0 Å². The van der Waals surface area contributed by atoms with Crippen molar-refractivity contribution in [2.24, 2.45) is 0 Å². The lowest BCUT2D eigenvalue weighted by Gasteiger charge is -2.06. The van der Waals surface area contributed by atoms with E-state index in [4.69, 9.17) is 5.11 Å². The van der Waals surface area contributed by atoms with Crippen LogP contribution in [-0.4, -0.2) is 29.8 Å². The number of aromatic nitrogens is 2. The second-order valence-corrected chi connectivity index (χ2v) is 6.82. The fourth-order valence-corrected chi connectivity index (χ4v) is 3.95. The molecule has 0 bridgehead atoms. The summed E-state index contributed by atoms with van der Waals surface area (Å²) in [6, 6.07) is 3.79. The first kappa shape index (κ1) is 14.7. The second-order valence-electron chi connectivity index (χ2n) is 4.01. The zero-order valence-corrected chi connectivity index (χ0v) is 12.6. The molecule has 0 radical (unpaired) electrons. The molecule has 0 unspecified atom stereocenters. The summed E-state index contributed by atoms with van der Waals surface area (Å²) in [7, 11) is -3.77. The Kier molecular flexibility index (Phi) is 3.91. The molecule has 0 fully saturated rings. The predicted molar refractivity (Wildman–Crippen MR) is 71.0 cm³/mol. The molecule has 9 heteroatoms. The number of carboxylic acid groups (broad SMARTS) is 1. The highest BCUT2D eigenvalue weighted by atomic mass is 79.9. The SMILES string of the molecule is Cc1nonc1CS(=O)(=O)c1cc(C(=O)O)ccc1Br. The van der Waals surface area contributed by atoms with Gasteiger partial charge in [0.25, 0.3) is 0 Å². The van der Waals surface area contributed by atoms with Crippen LogP contribution in [0.5, 0.6) is 0 Å². The number of hydrogen-bond donors (Lipinski definition) is 1. The Morgan fingerprint density at radius 1 is 1.40 bits per heavy atom. The van der Waals surface area contributed by atoms with Crippen molar-refractivity contribution in [3.8, 4) is 0 Å². The number of rotatable bonds is 4. The minimum atomic E-state index is -3.77. The van der Waals surface area contributed by atoms with Crippen molar-refractivity contribution in [1.29, 1.82) is 0 Å². The van der Waals surface area contributed by atoms with Gasteiger partial charge in [-0.05, 0) is 41.1 Å². The molecule has 2 rings (SSSR count). The van der Waals surface area contributed by atoms with Crippen LogP contribution in [-0.2, 0) is 15.6 Å². The molecule has 0 spiro atoms. The normalized spacial score (nSPS) is 11.5. The number of nitrogens with zero attached hydrogens (tertiary/aromatic N) is 2. The van der Waals surface area contributed by atoms with Gasteiger partial charge in [0, 0.05) is 4.47 Å². The van der Waals surface area contributed by atoms with E-state index in [9.17, 15) is 13.2 Å². The minimum Gasteiger partial charge on any atom is -0.478 e. The first-order chi connectivity index (χ1) is 9.31. The van der Waals surface area contributed by atoms with Crippen LogP contribution in [0.2, 0.25) is 0 Å². The van der Waals surface area contributed by atoms with Crippen molar-refractivity contribution < 1.29 is 22.9 Å². The van der Waals surface area contributed by atoms with Gasteiger partial charge < -0.3 is 5.11 Å².